The molecule has 5 heterocycles. The summed E-state index contributed by atoms with van der Waals surface area (Å²) in [6, 6.07) is 47.4. The number of hydrogen-bond donors (Lipinski definition) is 8. The lowest BCUT2D eigenvalue weighted by Gasteiger charge is -2.45. The number of halogens is 6. The summed E-state index contributed by atoms with van der Waals surface area (Å²) < 4.78 is 62.8. The van der Waals surface area contributed by atoms with Gasteiger partial charge in [0.1, 0.15) is 103 Å². The SMILES string of the molecule is CC[C@H]1O[C@H](Br)[C@@H](OC(=O)C(C)(C)C)[C@@H](C)[C@@H]1C.CC[C@H]1O[C@H](c2ccc(-c3ccc([C@H]4O[C@H](COC(=O)C(C)(C)C)[C@@H](OC(=O)C(C)(C)C)[C@H](OC(=O)C(C)(C)C)[C@@H]4C)cc3)cc2)[C@@H](OC(=O)C(C)(C)C)[C@@H](C)[C@@H]1C.I.II.Ic1ccc(-c2ccc(I)cc2)cc1.OC[C@H]1O[C@H](c2ccc(-c3ccc([C@H]4O[C@H](CO)[C@@H](O)[C@H](O)[C@@H]4O)cc3)cc2)[C@@H](O)[C@@H](O)[C@@H]1O. The van der Waals surface area contributed by atoms with E-state index in [1.54, 1.807) is 111 Å². The van der Waals surface area contributed by atoms with Crippen molar-refractivity contribution in [2.45, 2.75) is 286 Å². The van der Waals surface area contributed by atoms with Crippen LogP contribution < -0.4 is 0 Å². The molecule has 5 saturated heterocycles. The van der Waals surface area contributed by atoms with Crippen LogP contribution in [0.15, 0.2) is 146 Å². The number of benzene rings is 6. The van der Waals surface area contributed by atoms with E-state index in [1.807, 2.05) is 84.9 Å². The molecular weight excluding hydrogens is 2260 g/mol. The van der Waals surface area contributed by atoms with Crippen molar-refractivity contribution < 1.29 is 112 Å². The first-order valence-corrected chi connectivity index (χ1v) is 52.5. The van der Waals surface area contributed by atoms with Crippen molar-refractivity contribution in [1.29, 1.82) is 0 Å². The van der Waals surface area contributed by atoms with Gasteiger partial charge in [0.05, 0.1) is 58.6 Å². The number of esters is 5. The van der Waals surface area contributed by atoms with Gasteiger partial charge in [-0.2, -0.15) is 0 Å². The Morgan fingerprint density at radius 2 is 0.583 bits per heavy atom. The van der Waals surface area contributed by atoms with Gasteiger partial charge in [-0.25, -0.2) is 0 Å². The molecule has 5 fully saturated rings. The van der Waals surface area contributed by atoms with E-state index in [0.29, 0.717) is 23.0 Å². The third-order valence-electron chi connectivity index (χ3n) is 23.7. The van der Waals surface area contributed by atoms with Crippen molar-refractivity contribution in [2.75, 3.05) is 19.8 Å². The molecule has 0 radical (unpaired) electrons. The first-order valence-electron chi connectivity index (χ1n) is 43.1. The number of aliphatic hydroxyl groups excluding tert-OH is 8. The number of ether oxygens (including phenoxy) is 10. The highest BCUT2D eigenvalue weighted by Gasteiger charge is 2.53. The Hall–Kier alpha value is -3.72. The number of hydrogen-bond acceptors (Lipinski definition) is 23. The van der Waals surface area contributed by atoms with Gasteiger partial charge in [0.2, 0.25) is 0 Å². The molecule has 25 atom stereocenters. The lowest BCUT2D eigenvalue weighted by Crippen LogP contribution is -2.57. The van der Waals surface area contributed by atoms with Crippen LogP contribution in [-0.4, -0.2) is 187 Å². The van der Waals surface area contributed by atoms with Crippen molar-refractivity contribution in [1.82, 2.24) is 0 Å². The predicted molar refractivity (Wildman–Crippen MR) is 537 cm³/mol. The zero-order chi connectivity index (χ0) is 94.3. The van der Waals surface area contributed by atoms with Gasteiger partial charge in [0.15, 0.2) is 6.10 Å². The molecule has 706 valence electrons. The third kappa shape index (κ3) is 29.9. The Kier molecular flexibility index (Phi) is 43.4. The summed E-state index contributed by atoms with van der Waals surface area (Å²) in [5, 5.41) is 79.1. The lowest BCUT2D eigenvalue weighted by molar-refractivity contribution is -0.240. The smallest absolute Gasteiger partial charge is 0.311 e. The van der Waals surface area contributed by atoms with Crippen LogP contribution in [0.25, 0.3) is 33.4 Å². The first kappa shape index (κ1) is 112. The Morgan fingerprint density at radius 3 is 0.898 bits per heavy atom. The minimum atomic E-state index is -1.45. The molecule has 8 N–H and O–H groups in total. The zero-order valence-corrected chi connectivity index (χ0v) is 89.4. The number of carbonyl (C=O) groups excluding carboxylic acids is 5. The molecule has 29 heteroatoms. The van der Waals surface area contributed by atoms with Crippen molar-refractivity contribution >= 4 is 152 Å². The fourth-order valence-corrected chi connectivity index (χ4v) is 16.6. The van der Waals surface area contributed by atoms with Gasteiger partial charge in [-0.3, -0.25) is 24.0 Å². The molecule has 23 nitrogen and oxygen atoms in total. The van der Waals surface area contributed by atoms with E-state index in [0.717, 1.165) is 46.2 Å². The lowest BCUT2D eigenvalue weighted by atomic mass is 9.78. The molecular formula is C98H134BrI5O23. The second-order valence-corrected chi connectivity index (χ2v) is 42.1. The number of carbonyl (C=O) groups is 5. The molecule has 5 aliphatic rings. The van der Waals surface area contributed by atoms with Crippen molar-refractivity contribution in [2.24, 2.45) is 56.7 Å². The molecule has 0 aliphatic carbocycles. The highest BCUT2D eigenvalue weighted by Crippen LogP contribution is 2.46. The van der Waals surface area contributed by atoms with Gasteiger partial charge in [0, 0.05) is 62.1 Å². The maximum Gasteiger partial charge on any atom is 0.311 e. The van der Waals surface area contributed by atoms with Crippen LogP contribution >= 0.6 is 122 Å². The number of alkyl halides is 1. The van der Waals surface area contributed by atoms with Crippen LogP contribution in [0, 0.1) is 63.8 Å². The quantitative estimate of drug-likeness (QED) is 0.0182. The summed E-state index contributed by atoms with van der Waals surface area (Å²) in [5.41, 5.74) is 5.52. The van der Waals surface area contributed by atoms with Crippen LogP contribution in [0.5, 0.6) is 0 Å². The molecule has 6 aromatic rings. The fraction of sp³-hybridized carbons (Fsp3) is 0.582. The highest BCUT2D eigenvalue weighted by molar-refractivity contribution is 15.0. The van der Waals surface area contributed by atoms with Crippen LogP contribution in [0.2, 0.25) is 0 Å². The molecule has 0 amide bonds. The van der Waals surface area contributed by atoms with Gasteiger partial charge in [-0.1, -0.05) is 186 Å². The van der Waals surface area contributed by atoms with E-state index in [1.165, 1.54) is 18.3 Å². The summed E-state index contributed by atoms with van der Waals surface area (Å²) >= 11 is 12.4. The van der Waals surface area contributed by atoms with Gasteiger partial charge in [-0.15, -0.1) is 24.0 Å². The van der Waals surface area contributed by atoms with E-state index in [9.17, 15) is 64.8 Å². The monoisotopic (exact) mass is 2390 g/mol. The molecule has 5 aliphatic heterocycles. The van der Waals surface area contributed by atoms with Crippen LogP contribution in [0.3, 0.4) is 0 Å². The molecule has 0 unspecified atom stereocenters. The first-order chi connectivity index (χ1) is 58.8. The Morgan fingerprint density at radius 1 is 0.323 bits per heavy atom. The highest BCUT2D eigenvalue weighted by atomic mass is 128. The van der Waals surface area contributed by atoms with Crippen LogP contribution in [0.1, 0.15) is 212 Å². The Balaban J connectivity index is 0.000000299. The largest absolute Gasteiger partial charge is 0.462 e. The van der Waals surface area contributed by atoms with Crippen LogP contribution in [0.4, 0.5) is 0 Å². The van der Waals surface area contributed by atoms with Crippen molar-refractivity contribution in [3.8, 4) is 33.4 Å². The Bertz CT molecular complexity index is 4290. The standard InChI is InChI=1S/C48H70O10.C24H30O10.C14H25BrO3.C12H8I2.I2.HI/c1-17-34-27(2)28(3)37(56-42(50)46(8,9)10)39(54-34)33-24-20-31(21-25-33)30-18-22-32(23-19-30)36-29(4)38(57-43(51)47(11,12)13)40(58-44(52)48(14,15)16)35(55-36)26-53-41(49)45(5,6)7;25-9-15-17(27)19(29)21(31)23(33-15)13-5-1-11(2-6-13)12-3-7-14(8-4-12)24-22(32)20(30)18(28)16(10-26)34-24;1-7-10-8(2)9(3)11(12(15)17-10)18-13(16)14(4,5)6;13-11-5-1-9(2-6-11)10-3-7-12(14)8-4-10;1-2;/h18-25,27-29,34-40H,17,26H2,1-16H3;1-8,15-32H,9-10H2;8-12H,7H2,1-6H3;1-8H;;1H/t27-,28-,29+,34+,35+,36-,37-,38+,39+,40+;15-,16-,17-,18-,19+,20+,21+,22+,23-,24-;8-,9-,10+,11-,12-;;;/m010.../s1. The van der Waals surface area contributed by atoms with E-state index in [-0.39, 0.29) is 77.7 Å². The predicted octanol–water partition coefficient (Wildman–Crippen LogP) is 19.1. The number of aliphatic hydroxyl groups is 8. The van der Waals surface area contributed by atoms with E-state index in [2.05, 4.69) is 201 Å². The number of rotatable bonds is 17. The fourth-order valence-electron chi connectivity index (χ4n) is 15.1. The summed E-state index contributed by atoms with van der Waals surface area (Å²) in [4.78, 5) is 64.8. The molecule has 127 heavy (non-hydrogen) atoms. The topological polar surface area (TPSA) is 339 Å². The van der Waals surface area contributed by atoms with E-state index in [4.69, 9.17) is 47.4 Å². The summed E-state index contributed by atoms with van der Waals surface area (Å²) in [5.74, 6) is -1.22. The van der Waals surface area contributed by atoms with E-state index < -0.39 is 162 Å². The van der Waals surface area contributed by atoms with E-state index >= 15 is 0 Å². The second kappa shape index (κ2) is 49.2. The third-order valence-corrected chi connectivity index (χ3v) is 25.9. The summed E-state index contributed by atoms with van der Waals surface area (Å²) in [6.07, 6.45) is -14.6. The maximum atomic E-state index is 13.4. The maximum absolute atomic E-state index is 13.4. The average Bonchev–Trinajstić information content (AvgIpc) is 0.677. The average molecular weight is 2390 g/mol. The molecule has 0 spiro atoms. The Labute approximate surface area is 827 Å². The van der Waals surface area contributed by atoms with Gasteiger partial charge in [-0.05, 0) is 254 Å². The normalized spacial score (nSPS) is 29.7. The molecule has 0 bridgehead atoms. The van der Waals surface area contributed by atoms with Gasteiger partial charge in [0.25, 0.3) is 0 Å². The second-order valence-electron chi connectivity index (χ2n) is 38.7. The van der Waals surface area contributed by atoms with Gasteiger partial charge >= 0.3 is 29.8 Å². The summed E-state index contributed by atoms with van der Waals surface area (Å²) in [7, 11) is 0. The molecule has 11 rings (SSSR count). The molecule has 6 aromatic carbocycles. The van der Waals surface area contributed by atoms with Crippen LogP contribution in [-0.2, 0) is 71.3 Å². The molecule has 0 aromatic heterocycles. The van der Waals surface area contributed by atoms with Gasteiger partial charge < -0.3 is 88.2 Å². The van der Waals surface area contributed by atoms with Crippen molar-refractivity contribution in [3.05, 3.63) is 175 Å². The summed E-state index contributed by atoms with van der Waals surface area (Å²) in [6.45, 7) is 40.6. The molecule has 0 saturated carbocycles. The minimum Gasteiger partial charge on any atom is -0.462 e. The minimum absolute atomic E-state index is 0. The zero-order valence-electron chi connectivity index (χ0n) is 76.8. The van der Waals surface area contributed by atoms with Crippen molar-refractivity contribution in [3.63, 3.8) is 0 Å².